The Bertz CT molecular complexity index is 824. The lowest BCUT2D eigenvalue weighted by atomic mass is 10.2. The van der Waals surface area contributed by atoms with Gasteiger partial charge in [0.1, 0.15) is 6.42 Å². The number of piperazine rings is 1. The van der Waals surface area contributed by atoms with Gasteiger partial charge in [0.25, 0.3) is 0 Å². The molecule has 0 bridgehead atoms. The van der Waals surface area contributed by atoms with E-state index in [1.54, 1.807) is 4.90 Å². The Balaban J connectivity index is 1.24. The molecule has 4 rings (SSSR count). The molecule has 2 aromatic carbocycles. The van der Waals surface area contributed by atoms with Crippen molar-refractivity contribution in [3.63, 3.8) is 0 Å². The van der Waals surface area contributed by atoms with Crippen LogP contribution in [0.3, 0.4) is 0 Å². The van der Waals surface area contributed by atoms with Gasteiger partial charge in [0.05, 0.1) is 0 Å². The Morgan fingerprint density at radius 3 is 1.97 bits per heavy atom. The van der Waals surface area contributed by atoms with Gasteiger partial charge < -0.3 is 20.0 Å². The molecule has 6 heteroatoms. The second-order valence-corrected chi connectivity index (χ2v) is 7.67. The van der Waals surface area contributed by atoms with Crippen LogP contribution in [-0.2, 0) is 9.59 Å². The van der Waals surface area contributed by atoms with E-state index < -0.39 is 0 Å². The molecule has 29 heavy (non-hydrogen) atoms. The molecule has 2 aliphatic rings. The van der Waals surface area contributed by atoms with Crippen molar-refractivity contribution >= 4 is 28.9 Å². The normalized spacial score (nSPS) is 16.8. The molecule has 2 fully saturated rings. The van der Waals surface area contributed by atoms with Crippen LogP contribution in [0, 0.1) is 0 Å². The van der Waals surface area contributed by atoms with Gasteiger partial charge in [0, 0.05) is 56.3 Å². The van der Waals surface area contributed by atoms with Gasteiger partial charge in [-0.15, -0.1) is 0 Å². The first-order valence-corrected chi connectivity index (χ1v) is 10.4. The highest BCUT2D eigenvalue weighted by molar-refractivity contribution is 6.03. The monoisotopic (exact) mass is 392 g/mol. The lowest BCUT2D eigenvalue weighted by Gasteiger charge is -2.36. The minimum Gasteiger partial charge on any atom is -0.372 e. The zero-order chi connectivity index (χ0) is 20.1. The Labute approximate surface area is 172 Å². The van der Waals surface area contributed by atoms with Crippen molar-refractivity contribution in [2.75, 3.05) is 54.4 Å². The lowest BCUT2D eigenvalue weighted by Crippen LogP contribution is -2.49. The Morgan fingerprint density at radius 1 is 0.724 bits per heavy atom. The van der Waals surface area contributed by atoms with E-state index in [4.69, 9.17) is 0 Å². The molecule has 2 saturated heterocycles. The summed E-state index contributed by atoms with van der Waals surface area (Å²) in [6, 6.07) is 18.1. The van der Waals surface area contributed by atoms with Crippen molar-refractivity contribution in [3.8, 4) is 0 Å². The van der Waals surface area contributed by atoms with E-state index in [0.29, 0.717) is 13.1 Å². The number of nitrogens with zero attached hydrogens (tertiary/aromatic N) is 3. The van der Waals surface area contributed by atoms with Crippen LogP contribution < -0.4 is 15.1 Å². The number of hydrogen-bond donors (Lipinski definition) is 1. The number of hydrogen-bond acceptors (Lipinski definition) is 4. The van der Waals surface area contributed by atoms with E-state index in [1.807, 2.05) is 42.5 Å². The van der Waals surface area contributed by atoms with Gasteiger partial charge in [-0.1, -0.05) is 18.2 Å². The van der Waals surface area contributed by atoms with Crippen LogP contribution in [0.2, 0.25) is 0 Å². The Hall–Kier alpha value is -3.02. The summed E-state index contributed by atoms with van der Waals surface area (Å²) in [4.78, 5) is 31.2. The number of carbonyl (C=O) groups is 2. The first kappa shape index (κ1) is 19.3. The van der Waals surface area contributed by atoms with Crippen LogP contribution in [0.25, 0.3) is 0 Å². The molecule has 0 radical (unpaired) electrons. The topological polar surface area (TPSA) is 55.9 Å². The minimum atomic E-state index is -0.255. The van der Waals surface area contributed by atoms with Crippen LogP contribution in [-0.4, -0.2) is 56.0 Å². The maximum Gasteiger partial charge on any atom is 0.233 e. The number of anilines is 3. The summed E-state index contributed by atoms with van der Waals surface area (Å²) < 4.78 is 0. The highest BCUT2D eigenvalue weighted by Gasteiger charge is 2.23. The molecule has 2 amide bonds. The predicted octanol–water partition coefficient (Wildman–Crippen LogP) is 2.96. The third-order valence-electron chi connectivity index (χ3n) is 5.69. The fraction of sp³-hybridized carbons (Fsp3) is 0.391. The molecule has 2 heterocycles. The number of rotatable bonds is 5. The summed E-state index contributed by atoms with van der Waals surface area (Å²) in [6.45, 7) is 5.05. The second kappa shape index (κ2) is 8.99. The van der Waals surface area contributed by atoms with Crippen molar-refractivity contribution in [1.29, 1.82) is 0 Å². The number of amides is 2. The molecular weight excluding hydrogens is 364 g/mol. The van der Waals surface area contributed by atoms with E-state index in [-0.39, 0.29) is 18.2 Å². The van der Waals surface area contributed by atoms with Gasteiger partial charge in [-0.05, 0) is 49.2 Å². The molecule has 1 N–H and O–H groups in total. The highest BCUT2D eigenvalue weighted by Crippen LogP contribution is 2.22. The van der Waals surface area contributed by atoms with E-state index in [2.05, 4.69) is 27.2 Å². The van der Waals surface area contributed by atoms with Crippen molar-refractivity contribution in [2.24, 2.45) is 0 Å². The van der Waals surface area contributed by atoms with Gasteiger partial charge in [0.2, 0.25) is 11.8 Å². The van der Waals surface area contributed by atoms with Crippen LogP contribution in [0.15, 0.2) is 54.6 Å². The average molecular weight is 393 g/mol. The molecule has 0 aromatic heterocycles. The molecule has 152 valence electrons. The van der Waals surface area contributed by atoms with Gasteiger partial charge in [-0.2, -0.15) is 0 Å². The van der Waals surface area contributed by atoms with Crippen LogP contribution in [0.1, 0.15) is 19.3 Å². The van der Waals surface area contributed by atoms with Crippen molar-refractivity contribution < 1.29 is 9.59 Å². The van der Waals surface area contributed by atoms with Gasteiger partial charge in [-0.25, -0.2) is 0 Å². The zero-order valence-corrected chi connectivity index (χ0v) is 16.7. The third-order valence-corrected chi connectivity index (χ3v) is 5.69. The number of benzene rings is 2. The summed E-state index contributed by atoms with van der Waals surface area (Å²) in [7, 11) is 0. The number of carbonyl (C=O) groups excluding carboxylic acids is 2. The zero-order valence-electron chi connectivity index (χ0n) is 16.7. The molecule has 0 unspecified atom stereocenters. The van der Waals surface area contributed by atoms with Gasteiger partial charge in [-0.3, -0.25) is 9.59 Å². The van der Waals surface area contributed by atoms with E-state index in [0.717, 1.165) is 31.9 Å². The highest BCUT2D eigenvalue weighted by atomic mass is 16.2. The lowest BCUT2D eigenvalue weighted by molar-refractivity contribution is -0.134. The van der Waals surface area contributed by atoms with E-state index in [9.17, 15) is 9.59 Å². The summed E-state index contributed by atoms with van der Waals surface area (Å²) >= 11 is 0. The summed E-state index contributed by atoms with van der Waals surface area (Å²) in [5, 5.41) is 2.85. The maximum absolute atomic E-state index is 12.5. The van der Waals surface area contributed by atoms with Gasteiger partial charge >= 0.3 is 0 Å². The first-order chi connectivity index (χ1) is 14.2. The van der Waals surface area contributed by atoms with Crippen LogP contribution in [0.4, 0.5) is 17.1 Å². The molecule has 2 aliphatic heterocycles. The summed E-state index contributed by atoms with van der Waals surface area (Å²) in [5.41, 5.74) is 3.10. The standard InChI is InChI=1S/C23H28N4O2/c28-22(24-19-8-10-21(11-9-19)25-12-4-5-13-25)18-23(29)27-16-14-26(15-17-27)20-6-2-1-3-7-20/h1-3,6-11H,4-5,12-18H2,(H,24,28). The number of nitrogens with one attached hydrogen (secondary N) is 1. The molecular formula is C23H28N4O2. The smallest absolute Gasteiger partial charge is 0.233 e. The Morgan fingerprint density at radius 2 is 1.31 bits per heavy atom. The predicted molar refractivity (Wildman–Crippen MR) is 116 cm³/mol. The largest absolute Gasteiger partial charge is 0.372 e. The minimum absolute atomic E-state index is 0.108. The molecule has 0 aliphatic carbocycles. The van der Waals surface area contributed by atoms with Gasteiger partial charge in [0.15, 0.2) is 0 Å². The molecule has 6 nitrogen and oxygen atoms in total. The fourth-order valence-electron chi connectivity index (χ4n) is 4.04. The second-order valence-electron chi connectivity index (χ2n) is 7.67. The molecule has 0 spiro atoms. The van der Waals surface area contributed by atoms with Crippen molar-refractivity contribution in [1.82, 2.24) is 4.90 Å². The van der Waals surface area contributed by atoms with E-state index in [1.165, 1.54) is 24.2 Å². The molecule has 0 atom stereocenters. The maximum atomic E-state index is 12.5. The van der Waals surface area contributed by atoms with Crippen LogP contribution >= 0.6 is 0 Å². The SMILES string of the molecule is O=C(CC(=O)N1CCN(c2ccccc2)CC1)Nc1ccc(N2CCCC2)cc1. The van der Waals surface area contributed by atoms with E-state index >= 15 is 0 Å². The summed E-state index contributed by atoms with van der Waals surface area (Å²) in [5.74, 6) is -0.363. The number of para-hydroxylation sites is 1. The van der Waals surface area contributed by atoms with Crippen LogP contribution in [0.5, 0.6) is 0 Å². The average Bonchev–Trinajstić information content (AvgIpc) is 3.30. The molecule has 0 saturated carbocycles. The first-order valence-electron chi connectivity index (χ1n) is 10.4. The third kappa shape index (κ3) is 4.88. The quantitative estimate of drug-likeness (QED) is 0.795. The fourth-order valence-corrected chi connectivity index (χ4v) is 4.04. The van der Waals surface area contributed by atoms with Crippen molar-refractivity contribution in [3.05, 3.63) is 54.6 Å². The molecule has 2 aromatic rings. The summed E-state index contributed by atoms with van der Waals surface area (Å²) in [6.07, 6.45) is 2.36. The Kier molecular flexibility index (Phi) is 5.98. The van der Waals surface area contributed by atoms with Crippen molar-refractivity contribution in [2.45, 2.75) is 19.3 Å².